The Morgan fingerprint density at radius 1 is 1.54 bits per heavy atom. The minimum atomic E-state index is -0.478. The van der Waals surface area contributed by atoms with Gasteiger partial charge in [0.15, 0.2) is 0 Å². The summed E-state index contributed by atoms with van der Waals surface area (Å²) in [4.78, 5) is 0. The average molecular weight is 202 g/mol. The van der Waals surface area contributed by atoms with Gasteiger partial charge in [0, 0.05) is 10.6 Å². The zero-order valence-electron chi connectivity index (χ0n) is 7.25. The van der Waals surface area contributed by atoms with Crippen molar-refractivity contribution in [3.8, 4) is 5.75 Å². The molecule has 1 aromatic carbocycles. The number of hydrogen-bond donors (Lipinski definition) is 3. The molecular formula is C8H12ClN3O. The van der Waals surface area contributed by atoms with Crippen LogP contribution < -0.4 is 21.7 Å². The summed E-state index contributed by atoms with van der Waals surface area (Å²) in [7, 11) is 1.57. The first-order valence-electron chi connectivity index (χ1n) is 3.74. The van der Waals surface area contributed by atoms with Crippen molar-refractivity contribution in [2.45, 2.75) is 6.17 Å². The van der Waals surface area contributed by atoms with E-state index in [2.05, 4.69) is 5.43 Å². The Morgan fingerprint density at radius 2 is 2.23 bits per heavy atom. The minimum Gasteiger partial charge on any atom is -0.496 e. The van der Waals surface area contributed by atoms with Gasteiger partial charge in [-0.1, -0.05) is 11.6 Å². The average Bonchev–Trinajstić information content (AvgIpc) is 2.16. The summed E-state index contributed by atoms with van der Waals surface area (Å²) < 4.78 is 5.09. The minimum absolute atomic E-state index is 0.478. The van der Waals surface area contributed by atoms with Crippen molar-refractivity contribution < 1.29 is 4.74 Å². The van der Waals surface area contributed by atoms with Crippen molar-refractivity contribution in [3.05, 3.63) is 28.8 Å². The Bertz CT molecular complexity index is 293. The first-order chi connectivity index (χ1) is 6.19. The highest BCUT2D eigenvalue weighted by Gasteiger charge is 2.10. The van der Waals surface area contributed by atoms with E-state index in [1.54, 1.807) is 25.3 Å². The van der Waals surface area contributed by atoms with Gasteiger partial charge in [0.05, 0.1) is 13.3 Å². The second kappa shape index (κ2) is 4.43. The van der Waals surface area contributed by atoms with E-state index in [0.29, 0.717) is 10.8 Å². The van der Waals surface area contributed by atoms with Gasteiger partial charge in [-0.3, -0.25) is 5.84 Å². The molecule has 5 N–H and O–H groups in total. The Kier molecular flexibility index (Phi) is 3.50. The third kappa shape index (κ3) is 2.32. The molecule has 1 atom stereocenters. The van der Waals surface area contributed by atoms with Crippen LogP contribution in [0.1, 0.15) is 11.7 Å². The van der Waals surface area contributed by atoms with E-state index in [1.807, 2.05) is 0 Å². The molecule has 5 heteroatoms. The summed E-state index contributed by atoms with van der Waals surface area (Å²) in [5, 5.41) is 0.599. The Labute approximate surface area is 81.8 Å². The van der Waals surface area contributed by atoms with Crippen molar-refractivity contribution in [3.63, 3.8) is 0 Å². The molecule has 13 heavy (non-hydrogen) atoms. The van der Waals surface area contributed by atoms with Crippen LogP contribution >= 0.6 is 11.6 Å². The van der Waals surface area contributed by atoms with Crippen LogP contribution in [0.25, 0.3) is 0 Å². The maximum Gasteiger partial charge on any atom is 0.125 e. The fourth-order valence-electron chi connectivity index (χ4n) is 1.04. The van der Waals surface area contributed by atoms with Crippen LogP contribution in [0.4, 0.5) is 0 Å². The number of benzene rings is 1. The fraction of sp³-hybridized carbons (Fsp3) is 0.250. The first-order valence-corrected chi connectivity index (χ1v) is 4.12. The predicted octanol–water partition coefficient (Wildman–Crippen LogP) is 0.769. The van der Waals surface area contributed by atoms with Gasteiger partial charge in [0.25, 0.3) is 0 Å². The Hall–Kier alpha value is -0.810. The molecule has 0 aromatic heterocycles. The number of ether oxygens (including phenoxy) is 1. The summed E-state index contributed by atoms with van der Waals surface area (Å²) in [5.41, 5.74) is 8.82. The molecule has 0 bridgehead atoms. The summed E-state index contributed by atoms with van der Waals surface area (Å²) in [6, 6.07) is 5.19. The maximum absolute atomic E-state index is 5.80. The van der Waals surface area contributed by atoms with Crippen LogP contribution in [0.5, 0.6) is 5.75 Å². The highest BCUT2D eigenvalue weighted by molar-refractivity contribution is 6.30. The number of hydrazine groups is 1. The third-order valence-corrected chi connectivity index (χ3v) is 1.94. The van der Waals surface area contributed by atoms with Gasteiger partial charge in [0.2, 0.25) is 0 Å². The molecule has 0 amide bonds. The lowest BCUT2D eigenvalue weighted by Gasteiger charge is -2.14. The van der Waals surface area contributed by atoms with E-state index in [-0.39, 0.29) is 0 Å². The van der Waals surface area contributed by atoms with Crippen molar-refractivity contribution in [1.29, 1.82) is 0 Å². The van der Waals surface area contributed by atoms with Crippen molar-refractivity contribution in [2.75, 3.05) is 7.11 Å². The fourth-order valence-corrected chi connectivity index (χ4v) is 1.22. The van der Waals surface area contributed by atoms with Gasteiger partial charge in [-0.15, -0.1) is 0 Å². The summed E-state index contributed by atoms with van der Waals surface area (Å²) in [6.45, 7) is 0. The smallest absolute Gasteiger partial charge is 0.125 e. The molecule has 72 valence electrons. The molecule has 1 aromatic rings. The number of halogens is 1. The van der Waals surface area contributed by atoms with E-state index in [9.17, 15) is 0 Å². The molecule has 4 nitrogen and oxygen atoms in total. The largest absolute Gasteiger partial charge is 0.496 e. The molecule has 0 saturated heterocycles. The van der Waals surface area contributed by atoms with Crippen LogP contribution in [-0.2, 0) is 0 Å². The SMILES string of the molecule is COc1ccc(Cl)cc1C(N)NN. The summed E-state index contributed by atoms with van der Waals surface area (Å²) >= 11 is 5.80. The number of hydrogen-bond acceptors (Lipinski definition) is 4. The highest BCUT2D eigenvalue weighted by Crippen LogP contribution is 2.25. The van der Waals surface area contributed by atoms with E-state index in [4.69, 9.17) is 27.9 Å². The number of nitrogens with two attached hydrogens (primary N) is 2. The molecular weight excluding hydrogens is 190 g/mol. The van der Waals surface area contributed by atoms with E-state index in [1.165, 1.54) is 0 Å². The quantitative estimate of drug-likeness (QED) is 0.384. The van der Waals surface area contributed by atoms with Gasteiger partial charge in [0.1, 0.15) is 5.75 Å². The summed E-state index contributed by atoms with van der Waals surface area (Å²) in [5.74, 6) is 5.87. The van der Waals surface area contributed by atoms with Crippen LogP contribution in [0.3, 0.4) is 0 Å². The lowest BCUT2D eigenvalue weighted by atomic mass is 10.1. The van der Waals surface area contributed by atoms with Crippen LogP contribution in [-0.4, -0.2) is 7.11 Å². The molecule has 0 radical (unpaired) electrons. The van der Waals surface area contributed by atoms with Gasteiger partial charge < -0.3 is 10.5 Å². The monoisotopic (exact) mass is 201 g/mol. The molecule has 0 heterocycles. The Balaban J connectivity index is 3.07. The van der Waals surface area contributed by atoms with Crippen LogP contribution in [0.2, 0.25) is 5.02 Å². The molecule has 0 spiro atoms. The van der Waals surface area contributed by atoms with Crippen molar-refractivity contribution in [1.82, 2.24) is 5.43 Å². The van der Waals surface area contributed by atoms with Crippen molar-refractivity contribution >= 4 is 11.6 Å². The standard InChI is InChI=1S/C8H12ClN3O/c1-13-7-3-2-5(9)4-6(7)8(10)12-11/h2-4,8,12H,10-11H2,1H3. The van der Waals surface area contributed by atoms with Gasteiger partial charge in [-0.25, -0.2) is 5.43 Å². The van der Waals surface area contributed by atoms with E-state index < -0.39 is 6.17 Å². The lowest BCUT2D eigenvalue weighted by Crippen LogP contribution is -2.34. The van der Waals surface area contributed by atoms with E-state index >= 15 is 0 Å². The number of methoxy groups -OCH3 is 1. The molecule has 0 aliphatic rings. The van der Waals surface area contributed by atoms with Crippen LogP contribution in [0, 0.1) is 0 Å². The van der Waals surface area contributed by atoms with Gasteiger partial charge >= 0.3 is 0 Å². The third-order valence-electron chi connectivity index (χ3n) is 1.71. The topological polar surface area (TPSA) is 73.3 Å². The second-order valence-corrected chi connectivity index (χ2v) is 2.97. The predicted molar refractivity (Wildman–Crippen MR) is 52.3 cm³/mol. The zero-order chi connectivity index (χ0) is 9.84. The molecule has 1 rings (SSSR count). The molecule has 0 aliphatic heterocycles. The summed E-state index contributed by atoms with van der Waals surface area (Å²) in [6.07, 6.45) is -0.478. The first kappa shape index (κ1) is 10.3. The van der Waals surface area contributed by atoms with Crippen molar-refractivity contribution in [2.24, 2.45) is 11.6 Å². The Morgan fingerprint density at radius 3 is 2.77 bits per heavy atom. The lowest BCUT2D eigenvalue weighted by molar-refractivity contribution is 0.400. The van der Waals surface area contributed by atoms with E-state index in [0.717, 1.165) is 5.56 Å². The molecule has 1 unspecified atom stereocenters. The highest BCUT2D eigenvalue weighted by atomic mass is 35.5. The molecule has 0 fully saturated rings. The number of rotatable bonds is 3. The van der Waals surface area contributed by atoms with Crippen LogP contribution in [0.15, 0.2) is 18.2 Å². The number of nitrogens with one attached hydrogen (secondary N) is 1. The normalized spacial score (nSPS) is 12.6. The maximum atomic E-state index is 5.80. The molecule has 0 saturated carbocycles. The molecule has 0 aliphatic carbocycles. The zero-order valence-corrected chi connectivity index (χ0v) is 8.01. The second-order valence-electron chi connectivity index (χ2n) is 2.53. The van der Waals surface area contributed by atoms with Gasteiger partial charge in [-0.2, -0.15) is 0 Å². The van der Waals surface area contributed by atoms with Gasteiger partial charge in [-0.05, 0) is 18.2 Å².